The van der Waals surface area contributed by atoms with Crippen LogP contribution in [0.15, 0.2) is 53.4 Å². The van der Waals surface area contributed by atoms with Crippen molar-refractivity contribution in [3.8, 4) is 0 Å². The second-order valence-corrected chi connectivity index (χ2v) is 10.6. The number of hydrogen-bond donors (Lipinski definition) is 0. The Kier molecular flexibility index (Phi) is 9.00. The van der Waals surface area contributed by atoms with Crippen molar-refractivity contribution < 1.29 is 13.2 Å². The summed E-state index contributed by atoms with van der Waals surface area (Å²) in [5.41, 5.74) is 1.95. The van der Waals surface area contributed by atoms with E-state index in [0.717, 1.165) is 28.7 Å². The van der Waals surface area contributed by atoms with E-state index in [1.54, 1.807) is 35.2 Å². The Labute approximate surface area is 194 Å². The molecule has 0 spiro atoms. The van der Waals surface area contributed by atoms with Gasteiger partial charge in [-0.05, 0) is 57.7 Å². The second kappa shape index (κ2) is 11.0. The molecule has 0 aliphatic heterocycles. The minimum Gasteiger partial charge on any atom is -0.309 e. The van der Waals surface area contributed by atoms with Crippen LogP contribution in [0.1, 0.15) is 18.4 Å². The number of aryl methyl sites for hydroxylation is 1. The number of rotatable bonds is 9. The number of anilines is 1. The van der Waals surface area contributed by atoms with Crippen molar-refractivity contribution in [2.45, 2.75) is 24.7 Å². The summed E-state index contributed by atoms with van der Waals surface area (Å²) >= 11 is 1.47. The third kappa shape index (κ3) is 6.49. The van der Waals surface area contributed by atoms with Crippen LogP contribution in [0.25, 0.3) is 10.2 Å². The summed E-state index contributed by atoms with van der Waals surface area (Å²) in [6, 6.07) is 14.2. The van der Waals surface area contributed by atoms with E-state index in [2.05, 4.69) is 4.90 Å². The average molecular weight is 482 g/mol. The van der Waals surface area contributed by atoms with Crippen LogP contribution in [0.2, 0.25) is 0 Å². The zero-order valence-corrected chi connectivity index (χ0v) is 20.4. The van der Waals surface area contributed by atoms with E-state index < -0.39 is 9.84 Å². The normalized spacial score (nSPS) is 11.5. The maximum atomic E-state index is 13.1. The predicted molar refractivity (Wildman–Crippen MR) is 130 cm³/mol. The number of fused-ring (bicyclic) bond motifs is 1. The molecule has 31 heavy (non-hydrogen) atoms. The van der Waals surface area contributed by atoms with Gasteiger partial charge in [0.25, 0.3) is 0 Å². The summed E-state index contributed by atoms with van der Waals surface area (Å²) < 4.78 is 26.2. The van der Waals surface area contributed by atoms with Crippen LogP contribution >= 0.6 is 23.7 Å². The molecule has 1 heterocycles. The van der Waals surface area contributed by atoms with Gasteiger partial charge in [-0.2, -0.15) is 0 Å². The summed E-state index contributed by atoms with van der Waals surface area (Å²) in [6.45, 7) is 3.33. The van der Waals surface area contributed by atoms with Crippen LogP contribution in [0.3, 0.4) is 0 Å². The molecule has 168 valence electrons. The molecule has 0 saturated heterocycles. The highest BCUT2D eigenvalue weighted by Gasteiger charge is 2.23. The number of aromatic nitrogens is 1. The summed E-state index contributed by atoms with van der Waals surface area (Å²) in [5.74, 6) is -0.436. The van der Waals surface area contributed by atoms with Gasteiger partial charge < -0.3 is 4.90 Å². The molecule has 6 nitrogen and oxygen atoms in total. The number of halogens is 1. The van der Waals surface area contributed by atoms with E-state index in [-0.39, 0.29) is 35.4 Å². The molecule has 2 aromatic carbocycles. The molecule has 1 aromatic heterocycles. The van der Waals surface area contributed by atoms with Crippen LogP contribution < -0.4 is 4.90 Å². The lowest BCUT2D eigenvalue weighted by Crippen LogP contribution is -2.34. The van der Waals surface area contributed by atoms with Gasteiger partial charge in [0.15, 0.2) is 15.0 Å². The molecule has 0 aliphatic carbocycles. The van der Waals surface area contributed by atoms with Gasteiger partial charge in [-0.15, -0.1) is 12.4 Å². The molecule has 0 saturated carbocycles. The molecule has 3 rings (SSSR count). The molecule has 3 aromatic rings. The maximum absolute atomic E-state index is 13.1. The molecule has 0 radical (unpaired) electrons. The lowest BCUT2D eigenvalue weighted by atomic mass is 10.2. The van der Waals surface area contributed by atoms with Crippen molar-refractivity contribution in [1.82, 2.24) is 9.88 Å². The van der Waals surface area contributed by atoms with Crippen LogP contribution in [-0.4, -0.2) is 57.1 Å². The van der Waals surface area contributed by atoms with E-state index in [9.17, 15) is 13.2 Å². The van der Waals surface area contributed by atoms with Gasteiger partial charge in [0.1, 0.15) is 0 Å². The number of thiazole rings is 1. The molecule has 9 heteroatoms. The Morgan fingerprint density at radius 1 is 1.03 bits per heavy atom. The number of carbonyl (C=O) groups is 1. The average Bonchev–Trinajstić information content (AvgIpc) is 3.15. The number of para-hydroxylation sites is 1. The predicted octanol–water partition coefficient (Wildman–Crippen LogP) is 4.18. The van der Waals surface area contributed by atoms with Gasteiger partial charge in [0.2, 0.25) is 5.91 Å². The largest absolute Gasteiger partial charge is 0.309 e. The van der Waals surface area contributed by atoms with Crippen molar-refractivity contribution in [3.05, 3.63) is 54.1 Å². The number of hydrogen-bond acceptors (Lipinski definition) is 6. The Hall–Kier alpha value is -2.00. The smallest absolute Gasteiger partial charge is 0.229 e. The van der Waals surface area contributed by atoms with Gasteiger partial charge in [-0.25, -0.2) is 13.4 Å². The SMILES string of the molecule is Cc1cccc2sc(N(CCCN(C)C)C(=O)CCS(=O)(=O)c3ccccc3)nc12.Cl. The quantitative estimate of drug-likeness (QED) is 0.458. The monoisotopic (exact) mass is 481 g/mol. The minimum atomic E-state index is -3.51. The first-order chi connectivity index (χ1) is 14.3. The van der Waals surface area contributed by atoms with Crippen LogP contribution in [0, 0.1) is 6.92 Å². The van der Waals surface area contributed by atoms with Crippen LogP contribution in [-0.2, 0) is 14.6 Å². The molecular formula is C22H28ClN3O3S2. The van der Waals surface area contributed by atoms with Crippen molar-refractivity contribution in [2.24, 2.45) is 0 Å². The van der Waals surface area contributed by atoms with Crippen molar-refractivity contribution in [2.75, 3.05) is 37.8 Å². The fourth-order valence-corrected chi connectivity index (χ4v) is 5.50. The first-order valence-corrected chi connectivity index (χ1v) is 12.3. The molecule has 0 unspecified atom stereocenters. The van der Waals surface area contributed by atoms with E-state index in [4.69, 9.17) is 4.98 Å². The third-order valence-electron chi connectivity index (χ3n) is 4.82. The van der Waals surface area contributed by atoms with E-state index in [1.165, 1.54) is 11.3 Å². The molecular weight excluding hydrogens is 454 g/mol. The third-order valence-corrected chi connectivity index (χ3v) is 7.59. The summed E-state index contributed by atoms with van der Waals surface area (Å²) in [5, 5.41) is 0.625. The van der Waals surface area contributed by atoms with Crippen molar-refractivity contribution in [1.29, 1.82) is 0 Å². The van der Waals surface area contributed by atoms with Gasteiger partial charge in [-0.3, -0.25) is 9.69 Å². The first-order valence-electron chi connectivity index (χ1n) is 9.87. The minimum absolute atomic E-state index is 0. The lowest BCUT2D eigenvalue weighted by Gasteiger charge is -2.21. The maximum Gasteiger partial charge on any atom is 0.229 e. The molecule has 0 bridgehead atoms. The van der Waals surface area contributed by atoms with E-state index >= 15 is 0 Å². The number of amides is 1. The Bertz CT molecular complexity index is 1120. The number of carbonyl (C=O) groups excluding carboxylic acids is 1. The zero-order valence-electron chi connectivity index (χ0n) is 17.9. The van der Waals surface area contributed by atoms with Crippen LogP contribution in [0.5, 0.6) is 0 Å². The van der Waals surface area contributed by atoms with E-state index in [0.29, 0.717) is 11.7 Å². The molecule has 0 N–H and O–H groups in total. The topological polar surface area (TPSA) is 70.6 Å². The highest BCUT2D eigenvalue weighted by molar-refractivity contribution is 7.91. The van der Waals surface area contributed by atoms with Crippen LogP contribution in [0.4, 0.5) is 5.13 Å². The van der Waals surface area contributed by atoms with E-state index in [1.807, 2.05) is 39.2 Å². The van der Waals surface area contributed by atoms with Gasteiger partial charge >= 0.3 is 0 Å². The lowest BCUT2D eigenvalue weighted by molar-refractivity contribution is -0.118. The number of nitrogens with zero attached hydrogens (tertiary/aromatic N) is 3. The Balaban J connectivity index is 0.00000341. The Morgan fingerprint density at radius 2 is 1.74 bits per heavy atom. The first kappa shape index (κ1) is 25.3. The highest BCUT2D eigenvalue weighted by Crippen LogP contribution is 2.31. The highest BCUT2D eigenvalue weighted by atomic mass is 35.5. The second-order valence-electron chi connectivity index (χ2n) is 7.50. The summed E-state index contributed by atoms with van der Waals surface area (Å²) in [6.07, 6.45) is 0.702. The van der Waals surface area contributed by atoms with Crippen molar-refractivity contribution >= 4 is 54.8 Å². The number of sulfone groups is 1. The zero-order chi connectivity index (χ0) is 21.7. The molecule has 0 fully saturated rings. The molecule has 0 atom stereocenters. The Morgan fingerprint density at radius 3 is 2.39 bits per heavy atom. The fraction of sp³-hybridized carbons (Fsp3) is 0.364. The number of benzene rings is 2. The van der Waals surface area contributed by atoms with Gasteiger partial charge in [-0.1, -0.05) is 41.7 Å². The van der Waals surface area contributed by atoms with Gasteiger partial charge in [0, 0.05) is 13.0 Å². The molecule has 0 aliphatic rings. The van der Waals surface area contributed by atoms with Crippen molar-refractivity contribution in [3.63, 3.8) is 0 Å². The molecule has 1 amide bonds. The van der Waals surface area contributed by atoms with Gasteiger partial charge in [0.05, 0.1) is 20.9 Å². The summed E-state index contributed by atoms with van der Waals surface area (Å²) in [7, 11) is 0.462. The standard InChI is InChI=1S/C22H27N3O3S2.ClH/c1-17-9-7-12-19-21(17)23-22(29-19)25(15-8-14-24(2)3)20(26)13-16-30(27,28)18-10-5-4-6-11-18;/h4-7,9-12H,8,13-16H2,1-3H3;1H. The summed E-state index contributed by atoms with van der Waals surface area (Å²) in [4.78, 5) is 21.7. The fourth-order valence-electron chi connectivity index (χ4n) is 3.16.